The summed E-state index contributed by atoms with van der Waals surface area (Å²) >= 11 is 11.7. The SMILES string of the molecule is CC(C)(O)C(=O)N/N=C\c1cccc(Cl)c1Cl. The summed E-state index contributed by atoms with van der Waals surface area (Å²) in [6.07, 6.45) is 1.36. The van der Waals surface area contributed by atoms with Crippen LogP contribution in [0.15, 0.2) is 23.3 Å². The van der Waals surface area contributed by atoms with E-state index in [9.17, 15) is 9.90 Å². The molecule has 0 bridgehead atoms. The molecule has 0 fully saturated rings. The number of halogens is 2. The van der Waals surface area contributed by atoms with E-state index >= 15 is 0 Å². The Morgan fingerprint density at radius 1 is 1.47 bits per heavy atom. The lowest BCUT2D eigenvalue weighted by atomic mass is 10.1. The molecule has 0 unspecified atom stereocenters. The second-order valence-electron chi connectivity index (χ2n) is 3.90. The van der Waals surface area contributed by atoms with E-state index in [-0.39, 0.29) is 0 Å². The number of carbonyl (C=O) groups is 1. The van der Waals surface area contributed by atoms with Crippen molar-refractivity contribution >= 4 is 35.3 Å². The monoisotopic (exact) mass is 274 g/mol. The molecular formula is C11H12Cl2N2O2. The van der Waals surface area contributed by atoms with E-state index in [1.165, 1.54) is 20.1 Å². The third-order valence-corrected chi connectivity index (χ3v) is 2.74. The molecule has 2 N–H and O–H groups in total. The maximum absolute atomic E-state index is 11.3. The Morgan fingerprint density at radius 3 is 2.71 bits per heavy atom. The van der Waals surface area contributed by atoms with Gasteiger partial charge in [0.2, 0.25) is 0 Å². The van der Waals surface area contributed by atoms with Crippen LogP contribution in [0.2, 0.25) is 10.0 Å². The number of hydrogen-bond donors (Lipinski definition) is 2. The van der Waals surface area contributed by atoms with E-state index in [1.54, 1.807) is 18.2 Å². The lowest BCUT2D eigenvalue weighted by Gasteiger charge is -2.13. The number of hydrogen-bond acceptors (Lipinski definition) is 3. The molecule has 0 saturated heterocycles. The van der Waals surface area contributed by atoms with Crippen LogP contribution in [-0.2, 0) is 4.79 Å². The molecule has 0 aliphatic carbocycles. The predicted molar refractivity (Wildman–Crippen MR) is 68.5 cm³/mol. The molecule has 0 aliphatic rings. The average Bonchev–Trinajstić information content (AvgIpc) is 2.22. The van der Waals surface area contributed by atoms with Gasteiger partial charge in [0.25, 0.3) is 5.91 Å². The van der Waals surface area contributed by atoms with E-state index in [0.29, 0.717) is 15.6 Å². The van der Waals surface area contributed by atoms with Crippen LogP contribution in [0.3, 0.4) is 0 Å². The number of benzene rings is 1. The molecule has 92 valence electrons. The number of rotatable bonds is 3. The summed E-state index contributed by atoms with van der Waals surface area (Å²) < 4.78 is 0. The fraction of sp³-hybridized carbons (Fsp3) is 0.273. The van der Waals surface area contributed by atoms with Gasteiger partial charge in [-0.2, -0.15) is 5.10 Å². The molecule has 0 spiro atoms. The van der Waals surface area contributed by atoms with Crippen LogP contribution in [0.5, 0.6) is 0 Å². The third-order valence-electron chi connectivity index (χ3n) is 1.91. The zero-order chi connectivity index (χ0) is 13.1. The Balaban J connectivity index is 2.73. The van der Waals surface area contributed by atoms with Crippen LogP contribution in [-0.4, -0.2) is 22.8 Å². The number of amides is 1. The van der Waals surface area contributed by atoms with E-state index < -0.39 is 11.5 Å². The maximum atomic E-state index is 11.3. The van der Waals surface area contributed by atoms with Gasteiger partial charge >= 0.3 is 0 Å². The first kappa shape index (κ1) is 14.0. The van der Waals surface area contributed by atoms with Crippen LogP contribution in [0, 0.1) is 0 Å². The summed E-state index contributed by atoms with van der Waals surface area (Å²) in [5.41, 5.74) is 1.30. The van der Waals surface area contributed by atoms with Gasteiger partial charge in [-0.3, -0.25) is 4.79 Å². The first-order valence-corrected chi connectivity index (χ1v) is 5.58. The van der Waals surface area contributed by atoms with Crippen molar-refractivity contribution in [2.45, 2.75) is 19.4 Å². The van der Waals surface area contributed by atoms with Crippen molar-refractivity contribution in [2.75, 3.05) is 0 Å². The van der Waals surface area contributed by atoms with E-state index in [1.807, 2.05) is 0 Å². The van der Waals surface area contributed by atoms with Gasteiger partial charge in [0, 0.05) is 5.56 Å². The van der Waals surface area contributed by atoms with Crippen molar-refractivity contribution in [3.05, 3.63) is 33.8 Å². The number of nitrogens with zero attached hydrogens (tertiary/aromatic N) is 1. The van der Waals surface area contributed by atoms with Crippen molar-refractivity contribution in [3.8, 4) is 0 Å². The van der Waals surface area contributed by atoms with Crippen LogP contribution in [0.4, 0.5) is 0 Å². The lowest BCUT2D eigenvalue weighted by molar-refractivity contribution is -0.136. The van der Waals surface area contributed by atoms with Crippen molar-refractivity contribution in [1.29, 1.82) is 0 Å². The summed E-state index contributed by atoms with van der Waals surface area (Å²) in [5, 5.41) is 13.8. The molecule has 0 heterocycles. The second-order valence-corrected chi connectivity index (χ2v) is 4.69. The van der Waals surface area contributed by atoms with Crippen LogP contribution in [0.1, 0.15) is 19.4 Å². The minimum atomic E-state index is -1.48. The second kappa shape index (κ2) is 5.49. The van der Waals surface area contributed by atoms with E-state index in [2.05, 4.69) is 10.5 Å². The van der Waals surface area contributed by atoms with Gasteiger partial charge in [-0.15, -0.1) is 0 Å². The first-order chi connectivity index (χ1) is 7.82. The first-order valence-electron chi connectivity index (χ1n) is 4.82. The molecule has 0 aromatic heterocycles. The molecule has 17 heavy (non-hydrogen) atoms. The standard InChI is InChI=1S/C11H12Cl2N2O2/c1-11(2,17)10(16)15-14-6-7-4-3-5-8(12)9(7)13/h3-6,17H,1-2H3,(H,15,16)/b14-6-. The fourth-order valence-electron chi connectivity index (χ4n) is 0.917. The van der Waals surface area contributed by atoms with E-state index in [0.717, 1.165) is 0 Å². The third kappa shape index (κ3) is 4.00. The van der Waals surface area contributed by atoms with Crippen LogP contribution < -0.4 is 5.43 Å². The molecular weight excluding hydrogens is 263 g/mol. The van der Waals surface area contributed by atoms with Crippen molar-refractivity contribution < 1.29 is 9.90 Å². The highest BCUT2D eigenvalue weighted by molar-refractivity contribution is 6.43. The zero-order valence-electron chi connectivity index (χ0n) is 9.37. The number of carbonyl (C=O) groups excluding carboxylic acids is 1. The normalized spacial score (nSPS) is 11.8. The molecule has 1 aromatic carbocycles. The van der Waals surface area contributed by atoms with Gasteiger partial charge in [-0.1, -0.05) is 35.3 Å². The number of nitrogens with one attached hydrogen (secondary N) is 1. The highest BCUT2D eigenvalue weighted by Crippen LogP contribution is 2.24. The predicted octanol–water partition coefficient (Wildman–Crippen LogP) is 2.21. The van der Waals surface area contributed by atoms with Crippen molar-refractivity contribution in [1.82, 2.24) is 5.43 Å². The Bertz CT molecular complexity index is 453. The fourth-order valence-corrected chi connectivity index (χ4v) is 1.27. The molecule has 1 amide bonds. The van der Waals surface area contributed by atoms with Gasteiger partial charge in [0.15, 0.2) is 0 Å². The topological polar surface area (TPSA) is 61.7 Å². The zero-order valence-corrected chi connectivity index (χ0v) is 10.9. The molecule has 0 saturated carbocycles. The van der Waals surface area contributed by atoms with Crippen LogP contribution >= 0.6 is 23.2 Å². The molecule has 1 rings (SSSR count). The summed E-state index contributed by atoms with van der Waals surface area (Å²) in [5.74, 6) is -0.605. The summed E-state index contributed by atoms with van der Waals surface area (Å²) in [7, 11) is 0. The molecule has 0 atom stereocenters. The Kier molecular flexibility index (Phi) is 4.51. The number of aliphatic hydroxyl groups is 1. The highest BCUT2D eigenvalue weighted by atomic mass is 35.5. The molecule has 0 radical (unpaired) electrons. The number of hydrazone groups is 1. The molecule has 6 heteroatoms. The average molecular weight is 275 g/mol. The summed E-state index contributed by atoms with van der Waals surface area (Å²) in [6, 6.07) is 5.07. The summed E-state index contributed by atoms with van der Waals surface area (Å²) in [4.78, 5) is 11.3. The Hall–Kier alpha value is -1.10. The smallest absolute Gasteiger partial charge is 0.271 e. The molecule has 0 aliphatic heterocycles. The molecule has 4 nitrogen and oxygen atoms in total. The Labute approximate surface area is 109 Å². The van der Waals surface area contributed by atoms with Gasteiger partial charge in [0.1, 0.15) is 5.60 Å². The van der Waals surface area contributed by atoms with E-state index in [4.69, 9.17) is 23.2 Å². The highest BCUT2D eigenvalue weighted by Gasteiger charge is 2.22. The van der Waals surface area contributed by atoms with Gasteiger partial charge < -0.3 is 5.11 Å². The van der Waals surface area contributed by atoms with Gasteiger partial charge in [0.05, 0.1) is 16.3 Å². The minimum absolute atomic E-state index is 0.357. The largest absolute Gasteiger partial charge is 0.381 e. The lowest BCUT2D eigenvalue weighted by Crippen LogP contribution is -2.39. The van der Waals surface area contributed by atoms with Gasteiger partial charge in [-0.25, -0.2) is 5.43 Å². The quantitative estimate of drug-likeness (QED) is 0.656. The summed E-state index contributed by atoms with van der Waals surface area (Å²) in [6.45, 7) is 2.73. The minimum Gasteiger partial charge on any atom is -0.381 e. The van der Waals surface area contributed by atoms with Crippen molar-refractivity contribution in [2.24, 2.45) is 5.10 Å². The maximum Gasteiger partial charge on any atom is 0.271 e. The molecule has 1 aromatic rings. The van der Waals surface area contributed by atoms with Gasteiger partial charge in [-0.05, 0) is 19.9 Å². The Morgan fingerprint density at radius 2 is 2.12 bits per heavy atom. The van der Waals surface area contributed by atoms with Crippen LogP contribution in [0.25, 0.3) is 0 Å². The van der Waals surface area contributed by atoms with Crippen molar-refractivity contribution in [3.63, 3.8) is 0 Å².